The second-order valence-corrected chi connectivity index (χ2v) is 12.0. The Morgan fingerprint density at radius 1 is 1.12 bits per heavy atom. The molecule has 2 aromatic rings. The summed E-state index contributed by atoms with van der Waals surface area (Å²) in [5, 5.41) is 0.320. The Kier molecular flexibility index (Phi) is 7.35. The fraction of sp³-hybridized carbons (Fsp3) is 0.391. The zero-order valence-electron chi connectivity index (χ0n) is 18.4. The number of halogens is 1. The molecule has 2 aromatic carbocycles. The maximum absolute atomic E-state index is 12.8. The predicted molar refractivity (Wildman–Crippen MR) is 135 cm³/mol. The summed E-state index contributed by atoms with van der Waals surface area (Å²) in [6.07, 6.45) is 0.182. The van der Waals surface area contributed by atoms with E-state index in [1.807, 2.05) is 61.2 Å². The van der Waals surface area contributed by atoms with Crippen molar-refractivity contribution in [1.29, 1.82) is 0 Å². The van der Waals surface area contributed by atoms with Crippen molar-refractivity contribution >= 4 is 54.3 Å². The lowest BCUT2D eigenvalue weighted by Gasteiger charge is -2.27. The maximum atomic E-state index is 12.8. The normalized spacial score (nSPS) is 22.4. The molecule has 0 unspecified atom stereocenters. The van der Waals surface area contributed by atoms with E-state index in [2.05, 4.69) is 20.9 Å². The van der Waals surface area contributed by atoms with Crippen LogP contribution in [0, 0.1) is 0 Å². The number of sulfone groups is 1. The van der Waals surface area contributed by atoms with Gasteiger partial charge in [-0.1, -0.05) is 42.1 Å². The number of amides is 1. The van der Waals surface area contributed by atoms with Crippen LogP contribution in [0.25, 0.3) is 0 Å². The number of thioether (sulfide) groups is 1. The second-order valence-electron chi connectivity index (χ2n) is 7.74. The lowest BCUT2D eigenvalue weighted by Crippen LogP contribution is -2.38. The van der Waals surface area contributed by atoms with Gasteiger partial charge in [0.25, 0.3) is 5.91 Å². The van der Waals surface area contributed by atoms with Gasteiger partial charge in [0, 0.05) is 21.9 Å². The quantitative estimate of drug-likeness (QED) is 0.511. The molecule has 2 atom stereocenters. The summed E-state index contributed by atoms with van der Waals surface area (Å²) in [6.45, 7) is 4.71. The summed E-state index contributed by atoms with van der Waals surface area (Å²) in [7, 11) is -3.17. The van der Waals surface area contributed by atoms with Gasteiger partial charge in [0.1, 0.15) is 0 Å². The number of fused-ring (bicyclic) bond motifs is 1. The minimum absolute atomic E-state index is 0.0141. The van der Waals surface area contributed by atoms with Gasteiger partial charge in [-0.05, 0) is 35.3 Å². The van der Waals surface area contributed by atoms with E-state index in [0.29, 0.717) is 40.0 Å². The van der Waals surface area contributed by atoms with Crippen LogP contribution in [0.2, 0.25) is 0 Å². The minimum atomic E-state index is -3.17. The van der Waals surface area contributed by atoms with E-state index in [9.17, 15) is 13.2 Å². The molecular weight excluding hydrogens is 528 g/mol. The molecule has 0 bridgehead atoms. The summed E-state index contributed by atoms with van der Waals surface area (Å²) in [6, 6.07) is 12.8. The number of hydrogen-bond donors (Lipinski definition) is 0. The SMILES string of the molecule is CCOc1cc(Br)c(N2C(=NC(=O)Cc3ccccc3)S[C@@H]3CS(=O)(=O)C[C@H]32)cc1OCC. The van der Waals surface area contributed by atoms with Gasteiger partial charge in [-0.3, -0.25) is 4.79 Å². The fourth-order valence-electron chi connectivity index (χ4n) is 4.01. The number of rotatable bonds is 7. The van der Waals surface area contributed by atoms with Crippen molar-refractivity contribution in [2.45, 2.75) is 31.6 Å². The highest BCUT2D eigenvalue weighted by atomic mass is 79.9. The zero-order chi connectivity index (χ0) is 23.6. The van der Waals surface area contributed by atoms with Crippen LogP contribution in [0.4, 0.5) is 5.69 Å². The van der Waals surface area contributed by atoms with Crippen molar-refractivity contribution in [3.8, 4) is 11.5 Å². The Morgan fingerprint density at radius 3 is 2.45 bits per heavy atom. The van der Waals surface area contributed by atoms with Crippen LogP contribution in [0.1, 0.15) is 19.4 Å². The number of carbonyl (C=O) groups excluding carboxylic acids is 1. The van der Waals surface area contributed by atoms with Crippen LogP contribution >= 0.6 is 27.7 Å². The summed E-state index contributed by atoms with van der Waals surface area (Å²) < 4.78 is 37.0. The third kappa shape index (κ3) is 5.38. The van der Waals surface area contributed by atoms with E-state index in [1.165, 1.54) is 11.8 Å². The topological polar surface area (TPSA) is 85.3 Å². The third-order valence-corrected chi connectivity index (χ3v) is 9.20. The molecule has 176 valence electrons. The monoisotopic (exact) mass is 552 g/mol. The van der Waals surface area contributed by atoms with Crippen LogP contribution in [-0.4, -0.2) is 55.5 Å². The lowest BCUT2D eigenvalue weighted by molar-refractivity contribution is -0.117. The molecule has 2 heterocycles. The van der Waals surface area contributed by atoms with E-state index >= 15 is 0 Å². The maximum Gasteiger partial charge on any atom is 0.252 e. The Morgan fingerprint density at radius 2 is 1.79 bits per heavy atom. The molecule has 10 heteroatoms. The fourth-order valence-corrected chi connectivity index (χ4v) is 8.45. The van der Waals surface area contributed by atoms with E-state index in [0.717, 1.165) is 5.56 Å². The molecule has 2 aliphatic rings. The highest BCUT2D eigenvalue weighted by molar-refractivity contribution is 9.10. The second kappa shape index (κ2) is 10.1. The predicted octanol–water partition coefficient (Wildman–Crippen LogP) is 4.09. The van der Waals surface area contributed by atoms with Crippen LogP contribution in [0.3, 0.4) is 0 Å². The first kappa shape index (κ1) is 24.1. The molecule has 0 N–H and O–H groups in total. The number of aliphatic imine (C=N–C) groups is 1. The number of nitrogens with zero attached hydrogens (tertiary/aromatic N) is 2. The largest absolute Gasteiger partial charge is 0.490 e. The molecule has 2 fully saturated rings. The van der Waals surface area contributed by atoms with Crippen molar-refractivity contribution < 1.29 is 22.7 Å². The molecule has 33 heavy (non-hydrogen) atoms. The number of amidine groups is 1. The molecule has 2 saturated heterocycles. The minimum Gasteiger partial charge on any atom is -0.490 e. The van der Waals surface area contributed by atoms with E-state index in [4.69, 9.17) is 9.47 Å². The van der Waals surface area contributed by atoms with Crippen LogP contribution in [0.15, 0.2) is 51.9 Å². The smallest absolute Gasteiger partial charge is 0.252 e. The molecule has 0 aliphatic carbocycles. The molecule has 7 nitrogen and oxygen atoms in total. The summed E-state index contributed by atoms with van der Waals surface area (Å²) >= 11 is 4.96. The van der Waals surface area contributed by atoms with E-state index in [1.54, 1.807) is 0 Å². The van der Waals surface area contributed by atoms with Crippen molar-refractivity contribution in [2.75, 3.05) is 29.6 Å². The lowest BCUT2D eigenvalue weighted by atomic mass is 10.1. The van der Waals surface area contributed by atoms with Gasteiger partial charge in [0.15, 0.2) is 26.5 Å². The number of benzene rings is 2. The molecule has 0 saturated carbocycles. The molecule has 0 radical (unpaired) electrons. The Bertz CT molecular complexity index is 1170. The van der Waals surface area contributed by atoms with Gasteiger partial charge >= 0.3 is 0 Å². The molecule has 4 rings (SSSR count). The Labute approximate surface area is 206 Å². The average Bonchev–Trinajstić information content (AvgIpc) is 3.21. The summed E-state index contributed by atoms with van der Waals surface area (Å²) in [5.41, 5.74) is 1.58. The summed E-state index contributed by atoms with van der Waals surface area (Å²) in [5.74, 6) is 0.958. The third-order valence-electron chi connectivity index (χ3n) is 5.36. The molecular formula is C23H25BrN2O5S2. The van der Waals surface area contributed by atoms with Crippen LogP contribution in [-0.2, 0) is 21.1 Å². The first-order valence-corrected chi connectivity index (χ1v) is 14.2. The first-order chi connectivity index (χ1) is 15.8. The number of hydrogen-bond acceptors (Lipinski definition) is 6. The van der Waals surface area contributed by atoms with E-state index < -0.39 is 9.84 Å². The number of carbonyl (C=O) groups is 1. The Balaban J connectivity index is 1.73. The van der Waals surface area contributed by atoms with Crippen molar-refractivity contribution in [3.63, 3.8) is 0 Å². The van der Waals surface area contributed by atoms with Crippen molar-refractivity contribution in [1.82, 2.24) is 0 Å². The van der Waals surface area contributed by atoms with Gasteiger partial charge in [-0.25, -0.2) is 8.42 Å². The molecule has 2 aliphatic heterocycles. The Hall–Kier alpha value is -2.04. The standard InChI is InChI=1S/C23H25BrN2O5S2/c1-3-30-19-11-16(24)17(12-20(19)31-4-2)26-18-13-33(28,29)14-21(18)32-23(26)25-22(27)10-15-8-6-5-7-9-15/h5-9,11-12,18,21H,3-4,10,13-14H2,1-2H3/t18-,21-/m1/s1. The zero-order valence-corrected chi connectivity index (χ0v) is 21.6. The first-order valence-electron chi connectivity index (χ1n) is 10.7. The average molecular weight is 554 g/mol. The van der Waals surface area contributed by atoms with Gasteiger partial charge < -0.3 is 14.4 Å². The van der Waals surface area contributed by atoms with Crippen molar-refractivity contribution in [2.24, 2.45) is 4.99 Å². The highest BCUT2D eigenvalue weighted by Crippen LogP contribution is 2.46. The van der Waals surface area contributed by atoms with Gasteiger partial charge in [-0.15, -0.1) is 0 Å². The molecule has 0 spiro atoms. The van der Waals surface area contributed by atoms with E-state index in [-0.39, 0.29) is 35.1 Å². The van der Waals surface area contributed by atoms with Gasteiger partial charge in [0.2, 0.25) is 0 Å². The molecule has 0 aromatic heterocycles. The number of anilines is 1. The van der Waals surface area contributed by atoms with Gasteiger partial charge in [-0.2, -0.15) is 4.99 Å². The number of ether oxygens (including phenoxy) is 2. The van der Waals surface area contributed by atoms with Gasteiger partial charge in [0.05, 0.1) is 42.9 Å². The van der Waals surface area contributed by atoms with Crippen LogP contribution in [0.5, 0.6) is 11.5 Å². The van der Waals surface area contributed by atoms with Crippen molar-refractivity contribution in [3.05, 3.63) is 52.5 Å². The summed E-state index contributed by atoms with van der Waals surface area (Å²) in [4.78, 5) is 19.1. The highest BCUT2D eigenvalue weighted by Gasteiger charge is 2.50. The molecule has 1 amide bonds. The van der Waals surface area contributed by atoms with Crippen LogP contribution < -0.4 is 14.4 Å².